The summed E-state index contributed by atoms with van der Waals surface area (Å²) in [4.78, 5) is 24.1. The van der Waals surface area contributed by atoms with Crippen LogP contribution in [0.1, 0.15) is 35.5 Å². The number of amides is 1. The molecule has 1 aliphatic rings. The van der Waals surface area contributed by atoms with E-state index in [2.05, 4.69) is 20.2 Å². The topological polar surface area (TPSA) is 61.4 Å². The number of carbonyl (C=O) groups is 1. The molecular formula is C21H26F3N5OS. The van der Waals surface area contributed by atoms with Gasteiger partial charge in [0, 0.05) is 49.6 Å². The predicted molar refractivity (Wildman–Crippen MR) is 115 cm³/mol. The number of halogens is 3. The maximum atomic E-state index is 13.4. The molecule has 1 N–H and O–H groups in total. The van der Waals surface area contributed by atoms with Crippen molar-refractivity contribution >= 4 is 23.5 Å². The largest absolute Gasteiger partial charge is 0.433 e. The van der Waals surface area contributed by atoms with Gasteiger partial charge in [-0.1, -0.05) is 23.9 Å². The van der Waals surface area contributed by atoms with Gasteiger partial charge >= 0.3 is 6.18 Å². The van der Waals surface area contributed by atoms with Gasteiger partial charge in [0.05, 0.1) is 0 Å². The fourth-order valence-corrected chi connectivity index (χ4v) is 3.88. The van der Waals surface area contributed by atoms with E-state index in [0.717, 1.165) is 36.5 Å². The van der Waals surface area contributed by atoms with Crippen LogP contribution in [0.2, 0.25) is 0 Å². The summed E-state index contributed by atoms with van der Waals surface area (Å²) in [5, 5.41) is 2.91. The van der Waals surface area contributed by atoms with Gasteiger partial charge < -0.3 is 15.1 Å². The molecule has 0 spiro atoms. The number of piperazine rings is 1. The Morgan fingerprint density at radius 1 is 1.13 bits per heavy atom. The maximum Gasteiger partial charge on any atom is 0.433 e. The molecular weight excluding hydrogens is 427 g/mol. The molecule has 1 fully saturated rings. The zero-order chi connectivity index (χ0) is 22.6. The van der Waals surface area contributed by atoms with Crippen molar-refractivity contribution in [2.24, 2.45) is 0 Å². The van der Waals surface area contributed by atoms with Crippen LogP contribution in [0.5, 0.6) is 0 Å². The lowest BCUT2D eigenvalue weighted by atomic mass is 10.1. The number of aromatic nitrogens is 2. The first kappa shape index (κ1) is 23.3. The molecule has 1 amide bonds. The molecule has 2 aromatic rings. The number of alkyl halides is 3. The van der Waals surface area contributed by atoms with Crippen LogP contribution >= 0.6 is 11.8 Å². The molecule has 10 heteroatoms. The molecule has 0 aliphatic carbocycles. The summed E-state index contributed by atoms with van der Waals surface area (Å²) in [7, 11) is 1.98. The first-order valence-electron chi connectivity index (χ1n) is 10.0. The number of rotatable bonds is 6. The molecule has 0 atom stereocenters. The average Bonchev–Trinajstić information content (AvgIpc) is 2.72. The highest BCUT2D eigenvalue weighted by Gasteiger charge is 2.34. The van der Waals surface area contributed by atoms with Gasteiger partial charge in [-0.3, -0.25) is 4.79 Å². The van der Waals surface area contributed by atoms with Gasteiger partial charge in [0.2, 0.25) is 0 Å². The van der Waals surface area contributed by atoms with Crippen LogP contribution in [0.15, 0.2) is 35.5 Å². The van der Waals surface area contributed by atoms with E-state index < -0.39 is 11.9 Å². The highest BCUT2D eigenvalue weighted by Crippen LogP contribution is 2.32. The van der Waals surface area contributed by atoms with Crippen molar-refractivity contribution in [1.29, 1.82) is 0 Å². The van der Waals surface area contributed by atoms with Crippen molar-refractivity contribution in [2.45, 2.75) is 37.0 Å². The van der Waals surface area contributed by atoms with Crippen LogP contribution < -0.4 is 10.2 Å². The predicted octanol–water partition coefficient (Wildman–Crippen LogP) is 3.68. The molecule has 1 aliphatic heterocycles. The van der Waals surface area contributed by atoms with Gasteiger partial charge in [-0.2, -0.15) is 13.2 Å². The Balaban J connectivity index is 1.73. The average molecular weight is 454 g/mol. The van der Waals surface area contributed by atoms with Crippen molar-refractivity contribution in [3.05, 3.63) is 47.2 Å². The van der Waals surface area contributed by atoms with Gasteiger partial charge in [0.1, 0.15) is 5.82 Å². The number of benzene rings is 1. The summed E-state index contributed by atoms with van der Waals surface area (Å²) in [6.07, 6.45) is -4.54. The highest BCUT2D eigenvalue weighted by atomic mass is 32.2. The fraction of sp³-hybridized carbons (Fsp3) is 0.476. The monoisotopic (exact) mass is 453 g/mol. The summed E-state index contributed by atoms with van der Waals surface area (Å²) in [5.74, 6) is 0.543. The minimum Gasteiger partial charge on any atom is -0.354 e. The lowest BCUT2D eigenvalue weighted by Crippen LogP contribution is -2.45. The number of hydrogen-bond donors (Lipinski definition) is 1. The second kappa shape index (κ2) is 9.86. The lowest BCUT2D eigenvalue weighted by molar-refractivity contribution is -0.141. The molecule has 2 heterocycles. The van der Waals surface area contributed by atoms with Gasteiger partial charge in [0.15, 0.2) is 10.9 Å². The molecule has 6 nitrogen and oxygen atoms in total. The van der Waals surface area contributed by atoms with Gasteiger partial charge in [-0.05, 0) is 38.6 Å². The van der Waals surface area contributed by atoms with Crippen LogP contribution in [-0.4, -0.2) is 60.0 Å². The van der Waals surface area contributed by atoms with E-state index in [1.165, 1.54) is 0 Å². The molecule has 1 aromatic heterocycles. The Bertz CT molecular complexity index is 897. The number of nitrogens with zero attached hydrogens (tertiary/aromatic N) is 4. The first-order valence-corrected chi connectivity index (χ1v) is 11.0. The number of nitrogens with one attached hydrogen (secondary N) is 1. The smallest absolute Gasteiger partial charge is 0.354 e. The van der Waals surface area contributed by atoms with E-state index in [0.29, 0.717) is 30.2 Å². The number of thioether (sulfide) groups is 1. The third-order valence-electron chi connectivity index (χ3n) is 4.81. The van der Waals surface area contributed by atoms with Crippen LogP contribution in [0.4, 0.5) is 19.0 Å². The number of anilines is 1. The van der Waals surface area contributed by atoms with E-state index in [-0.39, 0.29) is 17.1 Å². The Morgan fingerprint density at radius 3 is 2.35 bits per heavy atom. The van der Waals surface area contributed by atoms with E-state index in [1.807, 2.05) is 25.8 Å². The first-order chi connectivity index (χ1) is 14.6. The third kappa shape index (κ3) is 6.57. The Labute approximate surface area is 184 Å². The van der Waals surface area contributed by atoms with E-state index in [9.17, 15) is 18.0 Å². The van der Waals surface area contributed by atoms with Crippen LogP contribution in [0, 0.1) is 0 Å². The summed E-state index contributed by atoms with van der Waals surface area (Å²) < 4.78 is 40.2. The second-order valence-electron chi connectivity index (χ2n) is 7.80. The molecule has 3 rings (SSSR count). The third-order valence-corrected chi connectivity index (χ3v) is 5.73. The van der Waals surface area contributed by atoms with Crippen molar-refractivity contribution in [1.82, 2.24) is 20.2 Å². The molecule has 0 radical (unpaired) electrons. The Hall–Kier alpha value is -2.33. The maximum absolute atomic E-state index is 13.4. The molecule has 0 saturated carbocycles. The van der Waals surface area contributed by atoms with Crippen molar-refractivity contribution in [3.8, 4) is 0 Å². The van der Waals surface area contributed by atoms with Crippen molar-refractivity contribution in [3.63, 3.8) is 0 Å². The number of likely N-dealkylation sites (N-methyl/N-ethyl adjacent to an activating group) is 1. The van der Waals surface area contributed by atoms with Crippen LogP contribution in [0.3, 0.4) is 0 Å². The second-order valence-corrected chi connectivity index (χ2v) is 8.74. The summed E-state index contributed by atoms with van der Waals surface area (Å²) in [6, 6.07) is 8.05. The van der Waals surface area contributed by atoms with Gasteiger partial charge in [0.25, 0.3) is 5.91 Å². The lowest BCUT2D eigenvalue weighted by Gasteiger charge is -2.33. The minimum absolute atomic E-state index is 0.0373. The molecule has 1 saturated heterocycles. The van der Waals surface area contributed by atoms with Crippen LogP contribution in [-0.2, 0) is 11.9 Å². The summed E-state index contributed by atoms with van der Waals surface area (Å²) in [6.45, 7) is 6.54. The molecule has 31 heavy (non-hydrogen) atoms. The molecule has 1 aromatic carbocycles. The Kier molecular flexibility index (Phi) is 7.42. The van der Waals surface area contributed by atoms with Crippen LogP contribution in [0.25, 0.3) is 0 Å². The molecule has 168 valence electrons. The Morgan fingerprint density at radius 2 is 1.77 bits per heavy atom. The van der Waals surface area contributed by atoms with Gasteiger partial charge in [-0.15, -0.1) is 0 Å². The van der Waals surface area contributed by atoms with Crippen molar-refractivity contribution < 1.29 is 18.0 Å². The summed E-state index contributed by atoms with van der Waals surface area (Å²) in [5.41, 5.74) is 0.475. The molecule has 0 unspecified atom stereocenters. The minimum atomic E-state index is -4.54. The van der Waals surface area contributed by atoms with Gasteiger partial charge in [-0.25, -0.2) is 9.97 Å². The zero-order valence-electron chi connectivity index (χ0n) is 17.7. The zero-order valence-corrected chi connectivity index (χ0v) is 18.6. The quantitative estimate of drug-likeness (QED) is 0.532. The number of carbonyl (C=O) groups excluding carboxylic acids is 1. The SMILES string of the molecule is CC(C)NC(=O)c1ccc(CSc2nc(N3CCN(C)CC3)cc(C(F)(F)F)n2)cc1. The number of hydrogen-bond acceptors (Lipinski definition) is 6. The van der Waals surface area contributed by atoms with Crippen molar-refractivity contribution in [2.75, 3.05) is 38.1 Å². The summed E-state index contributed by atoms with van der Waals surface area (Å²) >= 11 is 1.15. The highest BCUT2D eigenvalue weighted by molar-refractivity contribution is 7.98. The fourth-order valence-electron chi connectivity index (χ4n) is 3.07. The molecule has 0 bridgehead atoms. The van der Waals surface area contributed by atoms with E-state index in [4.69, 9.17) is 0 Å². The standard InChI is InChI=1S/C21H26F3N5OS/c1-14(2)25-19(30)16-6-4-15(5-7-16)13-31-20-26-17(21(22,23)24)12-18(27-20)29-10-8-28(3)9-11-29/h4-7,12,14H,8-11,13H2,1-3H3,(H,25,30). The normalized spacial score (nSPS) is 15.4. The van der Waals surface area contributed by atoms with E-state index in [1.54, 1.807) is 24.3 Å². The van der Waals surface area contributed by atoms with E-state index >= 15 is 0 Å².